The highest BCUT2D eigenvalue weighted by Gasteiger charge is 2.16. The lowest BCUT2D eigenvalue weighted by molar-refractivity contribution is 0.663. The van der Waals surface area contributed by atoms with Gasteiger partial charge in [-0.3, -0.25) is 0 Å². The second-order valence-corrected chi connectivity index (χ2v) is 5.91. The Morgan fingerprint density at radius 2 is 2.18 bits per heavy atom. The van der Waals surface area contributed by atoms with E-state index in [1.807, 2.05) is 30.8 Å². The van der Waals surface area contributed by atoms with Gasteiger partial charge in [-0.05, 0) is 43.4 Å². The van der Waals surface area contributed by atoms with Crippen LogP contribution < -0.4 is 11.1 Å². The van der Waals surface area contributed by atoms with Crippen molar-refractivity contribution in [1.82, 2.24) is 4.98 Å². The Morgan fingerprint density at radius 3 is 2.82 bits per heavy atom. The van der Waals surface area contributed by atoms with Crippen LogP contribution in [0.3, 0.4) is 0 Å². The molecule has 0 aliphatic carbocycles. The summed E-state index contributed by atoms with van der Waals surface area (Å²) in [6, 6.07) is 4.39. The van der Waals surface area contributed by atoms with E-state index in [4.69, 9.17) is 18.0 Å². The SMILES string of the molecule is Cc1ccc(C(N)=S)c(NC2CCSCC2)n1. The van der Waals surface area contributed by atoms with E-state index in [1.165, 1.54) is 24.3 Å². The van der Waals surface area contributed by atoms with Crippen LogP contribution in [0.15, 0.2) is 12.1 Å². The van der Waals surface area contributed by atoms with E-state index in [2.05, 4.69) is 10.3 Å². The van der Waals surface area contributed by atoms with Gasteiger partial charge < -0.3 is 11.1 Å². The molecule has 1 aliphatic heterocycles. The lowest BCUT2D eigenvalue weighted by Gasteiger charge is -2.24. The average molecular weight is 267 g/mol. The molecule has 0 bridgehead atoms. The molecule has 2 heterocycles. The molecule has 1 fully saturated rings. The van der Waals surface area contributed by atoms with Crippen LogP contribution >= 0.6 is 24.0 Å². The number of nitrogens with zero attached hydrogens (tertiary/aromatic N) is 1. The molecule has 1 aromatic rings. The average Bonchev–Trinajstić information content (AvgIpc) is 2.30. The first-order valence-electron chi connectivity index (χ1n) is 5.78. The van der Waals surface area contributed by atoms with E-state index >= 15 is 0 Å². The van der Waals surface area contributed by atoms with Crippen LogP contribution in [0.5, 0.6) is 0 Å². The second-order valence-electron chi connectivity index (χ2n) is 4.24. The summed E-state index contributed by atoms with van der Waals surface area (Å²) >= 11 is 7.07. The molecule has 0 saturated carbocycles. The van der Waals surface area contributed by atoms with E-state index in [1.54, 1.807) is 0 Å². The van der Waals surface area contributed by atoms with Crippen molar-refractivity contribution in [3.63, 3.8) is 0 Å². The largest absolute Gasteiger partial charge is 0.389 e. The summed E-state index contributed by atoms with van der Waals surface area (Å²) in [6.45, 7) is 1.98. The Balaban J connectivity index is 2.17. The quantitative estimate of drug-likeness (QED) is 0.823. The van der Waals surface area contributed by atoms with Crippen molar-refractivity contribution in [2.75, 3.05) is 16.8 Å². The number of nitrogens with one attached hydrogen (secondary N) is 1. The molecule has 3 nitrogen and oxygen atoms in total. The van der Waals surface area contributed by atoms with Crippen molar-refractivity contribution in [2.24, 2.45) is 5.73 Å². The van der Waals surface area contributed by atoms with Gasteiger partial charge in [0.25, 0.3) is 0 Å². The van der Waals surface area contributed by atoms with Gasteiger partial charge in [-0.15, -0.1) is 0 Å². The third-order valence-electron chi connectivity index (χ3n) is 2.86. The molecule has 1 saturated heterocycles. The molecule has 3 N–H and O–H groups in total. The summed E-state index contributed by atoms with van der Waals surface area (Å²) in [4.78, 5) is 4.91. The molecule has 17 heavy (non-hydrogen) atoms. The summed E-state index contributed by atoms with van der Waals surface area (Å²) < 4.78 is 0. The number of hydrogen-bond donors (Lipinski definition) is 2. The number of aromatic nitrogens is 1. The van der Waals surface area contributed by atoms with Crippen LogP contribution in [0.1, 0.15) is 24.1 Å². The van der Waals surface area contributed by atoms with Crippen LogP contribution in [0.2, 0.25) is 0 Å². The molecular formula is C12H17N3S2. The van der Waals surface area contributed by atoms with Gasteiger partial charge in [0.05, 0.1) is 5.56 Å². The molecule has 2 rings (SSSR count). The zero-order valence-electron chi connectivity index (χ0n) is 9.90. The van der Waals surface area contributed by atoms with Gasteiger partial charge in [0, 0.05) is 11.7 Å². The van der Waals surface area contributed by atoms with Crippen LogP contribution in [0, 0.1) is 6.92 Å². The smallest absolute Gasteiger partial charge is 0.136 e. The summed E-state index contributed by atoms with van der Waals surface area (Å²) in [5.41, 5.74) is 7.55. The molecule has 0 radical (unpaired) electrons. The summed E-state index contributed by atoms with van der Waals surface area (Å²) in [5, 5.41) is 3.48. The highest BCUT2D eigenvalue weighted by Crippen LogP contribution is 2.22. The van der Waals surface area contributed by atoms with Crippen molar-refractivity contribution in [3.05, 3.63) is 23.4 Å². The number of hydrogen-bond acceptors (Lipinski definition) is 4. The molecule has 0 amide bonds. The first kappa shape index (κ1) is 12.6. The molecule has 1 aliphatic rings. The molecular weight excluding hydrogens is 250 g/mol. The van der Waals surface area contributed by atoms with Crippen LogP contribution in [-0.4, -0.2) is 27.5 Å². The third kappa shape index (κ3) is 3.33. The van der Waals surface area contributed by atoms with E-state index in [-0.39, 0.29) is 0 Å². The van der Waals surface area contributed by atoms with Gasteiger partial charge in [-0.25, -0.2) is 4.98 Å². The van der Waals surface area contributed by atoms with Crippen LogP contribution in [-0.2, 0) is 0 Å². The fraction of sp³-hybridized carbons (Fsp3) is 0.500. The minimum Gasteiger partial charge on any atom is -0.389 e. The Bertz CT molecular complexity index is 414. The molecule has 1 aromatic heterocycles. The number of thiocarbonyl (C=S) groups is 1. The van der Waals surface area contributed by atoms with Crippen molar-refractivity contribution in [2.45, 2.75) is 25.8 Å². The molecule has 5 heteroatoms. The van der Waals surface area contributed by atoms with Crippen molar-refractivity contribution < 1.29 is 0 Å². The maximum atomic E-state index is 5.72. The number of thioether (sulfide) groups is 1. The Labute approximate surface area is 112 Å². The van der Waals surface area contributed by atoms with E-state index in [9.17, 15) is 0 Å². The van der Waals surface area contributed by atoms with Crippen molar-refractivity contribution in [1.29, 1.82) is 0 Å². The molecule has 0 atom stereocenters. The standard InChI is InChI=1S/C12H17N3S2/c1-8-2-3-10(11(13)16)12(14-8)15-9-4-6-17-7-5-9/h2-3,9H,4-7H2,1H3,(H2,13,16)(H,14,15). The summed E-state index contributed by atoms with van der Waals surface area (Å²) in [5.74, 6) is 3.27. The lowest BCUT2D eigenvalue weighted by atomic mass is 10.1. The fourth-order valence-electron chi connectivity index (χ4n) is 1.90. The Kier molecular flexibility index (Phi) is 4.23. The van der Waals surface area contributed by atoms with Crippen LogP contribution in [0.4, 0.5) is 5.82 Å². The molecule has 0 spiro atoms. The third-order valence-corrected chi connectivity index (χ3v) is 4.13. The number of nitrogens with two attached hydrogens (primary N) is 1. The predicted octanol–water partition coefficient (Wildman–Crippen LogP) is 2.33. The normalized spacial score (nSPS) is 16.8. The zero-order chi connectivity index (χ0) is 12.3. The van der Waals surface area contributed by atoms with Gasteiger partial charge >= 0.3 is 0 Å². The van der Waals surface area contributed by atoms with Gasteiger partial charge in [-0.1, -0.05) is 12.2 Å². The Morgan fingerprint density at radius 1 is 1.47 bits per heavy atom. The highest BCUT2D eigenvalue weighted by atomic mass is 32.2. The highest BCUT2D eigenvalue weighted by molar-refractivity contribution is 7.99. The van der Waals surface area contributed by atoms with E-state index < -0.39 is 0 Å². The number of aryl methyl sites for hydroxylation is 1. The number of rotatable bonds is 3. The van der Waals surface area contributed by atoms with E-state index in [0.29, 0.717) is 11.0 Å². The number of anilines is 1. The number of pyridine rings is 1. The first-order chi connectivity index (χ1) is 8.16. The van der Waals surface area contributed by atoms with Crippen molar-refractivity contribution >= 4 is 34.8 Å². The second kappa shape index (κ2) is 5.69. The molecule has 0 unspecified atom stereocenters. The Hall–Kier alpha value is -0.810. The first-order valence-corrected chi connectivity index (χ1v) is 7.35. The monoisotopic (exact) mass is 267 g/mol. The van der Waals surface area contributed by atoms with Crippen LogP contribution in [0.25, 0.3) is 0 Å². The summed E-state index contributed by atoms with van der Waals surface area (Å²) in [6.07, 6.45) is 2.36. The lowest BCUT2D eigenvalue weighted by Crippen LogP contribution is -2.27. The minimum atomic E-state index is 0.408. The van der Waals surface area contributed by atoms with Gasteiger partial charge in [0.1, 0.15) is 10.8 Å². The maximum Gasteiger partial charge on any atom is 0.136 e. The van der Waals surface area contributed by atoms with E-state index in [0.717, 1.165) is 17.1 Å². The summed E-state index contributed by atoms with van der Waals surface area (Å²) in [7, 11) is 0. The zero-order valence-corrected chi connectivity index (χ0v) is 11.5. The van der Waals surface area contributed by atoms with Gasteiger partial charge in [-0.2, -0.15) is 11.8 Å². The fourth-order valence-corrected chi connectivity index (χ4v) is 3.17. The van der Waals surface area contributed by atoms with Gasteiger partial charge in [0.2, 0.25) is 0 Å². The maximum absolute atomic E-state index is 5.72. The molecule has 0 aromatic carbocycles. The molecule has 92 valence electrons. The topological polar surface area (TPSA) is 50.9 Å². The minimum absolute atomic E-state index is 0.408. The predicted molar refractivity (Wildman–Crippen MR) is 78.8 cm³/mol. The van der Waals surface area contributed by atoms with Gasteiger partial charge in [0.15, 0.2) is 0 Å². The van der Waals surface area contributed by atoms with Crippen molar-refractivity contribution in [3.8, 4) is 0 Å².